The lowest BCUT2D eigenvalue weighted by molar-refractivity contribution is -0.658. The molecule has 1 aliphatic heterocycles. The smallest absolute Gasteiger partial charge is 0.405 e. The lowest BCUT2D eigenvalue weighted by Gasteiger charge is -2.24. The Morgan fingerprint density at radius 1 is 1.13 bits per heavy atom. The van der Waals surface area contributed by atoms with Crippen LogP contribution in [0.1, 0.15) is 26.4 Å². The molecule has 1 aliphatic rings. The Labute approximate surface area is 185 Å². The molecule has 0 atom stereocenters. The molecule has 1 aromatic carbocycles. The van der Waals surface area contributed by atoms with E-state index < -0.39 is 13.7 Å². The summed E-state index contributed by atoms with van der Waals surface area (Å²) < 4.78 is 55.2. The van der Waals surface area contributed by atoms with E-state index >= 15 is 0 Å². The van der Waals surface area contributed by atoms with Crippen LogP contribution < -0.4 is 20.0 Å². The third kappa shape index (κ3) is 2.85. The number of rotatable bonds is 2. The molecule has 0 saturated heterocycles. The molecule has 0 amide bonds. The van der Waals surface area contributed by atoms with Gasteiger partial charge in [-0.05, 0) is 62.2 Å². The SMILES string of the molecule is [2H]C([2H])([2H])c1ccc2c3c(oc2n1)=CB(C)N(c1cc(-c2ccccc2)c(C([2H])([2H])[2H])c[n+]1C)C=3C. The van der Waals surface area contributed by atoms with Gasteiger partial charge in [0.25, 0.3) is 5.82 Å². The molecule has 4 heterocycles. The van der Waals surface area contributed by atoms with Gasteiger partial charge in [-0.1, -0.05) is 30.3 Å². The molecule has 3 aromatic heterocycles. The van der Waals surface area contributed by atoms with Crippen LogP contribution >= 0.6 is 0 Å². The number of hydrogen-bond donors (Lipinski definition) is 0. The number of aryl methyl sites for hydroxylation is 3. The Hall–Kier alpha value is -3.34. The van der Waals surface area contributed by atoms with E-state index in [2.05, 4.69) is 9.79 Å². The Balaban J connectivity index is 1.75. The van der Waals surface area contributed by atoms with Crippen molar-refractivity contribution in [3.05, 3.63) is 76.6 Å². The van der Waals surface area contributed by atoms with Crippen molar-refractivity contribution in [1.82, 2.24) is 4.98 Å². The zero-order valence-electron chi connectivity index (χ0n) is 23.1. The molecule has 148 valence electrons. The molecule has 5 heteroatoms. The van der Waals surface area contributed by atoms with E-state index in [1.807, 2.05) is 67.7 Å². The highest BCUT2D eigenvalue weighted by Gasteiger charge is 2.34. The number of fused-ring (bicyclic) bond motifs is 3. The predicted molar refractivity (Wildman–Crippen MR) is 123 cm³/mol. The minimum atomic E-state index is -2.32. The van der Waals surface area contributed by atoms with Crippen molar-refractivity contribution in [2.24, 2.45) is 7.05 Å². The first kappa shape index (κ1) is 13.1. The molecule has 0 unspecified atom stereocenters. The third-order valence-corrected chi connectivity index (χ3v) is 5.68. The van der Waals surface area contributed by atoms with Gasteiger partial charge in [-0.2, -0.15) is 0 Å². The van der Waals surface area contributed by atoms with Crippen molar-refractivity contribution in [2.45, 2.75) is 27.5 Å². The Kier molecular flexibility index (Phi) is 2.99. The molecule has 4 nitrogen and oxygen atoms in total. The van der Waals surface area contributed by atoms with Crippen molar-refractivity contribution < 1.29 is 17.2 Å². The van der Waals surface area contributed by atoms with Crippen molar-refractivity contribution in [3.8, 4) is 11.1 Å². The van der Waals surface area contributed by atoms with Crippen molar-refractivity contribution >= 4 is 35.4 Å². The molecular formula is C25H25BN3O+. The largest absolute Gasteiger partial charge is 0.439 e. The lowest BCUT2D eigenvalue weighted by Crippen LogP contribution is -2.50. The summed E-state index contributed by atoms with van der Waals surface area (Å²) in [5.74, 6) is 2.79. The van der Waals surface area contributed by atoms with Crippen LogP contribution in [0.5, 0.6) is 0 Å². The normalized spacial score (nSPS) is 17.4. The minimum Gasteiger partial charge on any atom is -0.439 e. The van der Waals surface area contributed by atoms with Crippen LogP contribution in [-0.2, 0) is 7.05 Å². The summed E-state index contributed by atoms with van der Waals surface area (Å²) in [4.78, 5) is 6.40. The number of benzene rings is 1. The maximum Gasteiger partial charge on any atom is 0.405 e. The highest BCUT2D eigenvalue weighted by atomic mass is 16.3. The first-order chi connectivity index (χ1) is 16.9. The van der Waals surface area contributed by atoms with E-state index in [0.29, 0.717) is 11.0 Å². The van der Waals surface area contributed by atoms with Gasteiger partial charge in [0, 0.05) is 20.0 Å². The Morgan fingerprint density at radius 2 is 1.97 bits per heavy atom. The average molecular weight is 400 g/mol. The molecular weight excluding hydrogens is 369 g/mol. The monoisotopic (exact) mass is 400 g/mol. The molecule has 5 rings (SSSR count). The molecule has 30 heavy (non-hydrogen) atoms. The fraction of sp³-hybridized carbons (Fsp3) is 0.200. The van der Waals surface area contributed by atoms with Gasteiger partial charge in [0.15, 0.2) is 0 Å². The fourth-order valence-corrected chi connectivity index (χ4v) is 4.32. The van der Waals surface area contributed by atoms with Crippen LogP contribution in [0, 0.1) is 13.7 Å². The van der Waals surface area contributed by atoms with Crippen molar-refractivity contribution in [2.75, 3.05) is 4.81 Å². The number of hydrogen-bond acceptors (Lipinski definition) is 3. The van der Waals surface area contributed by atoms with Crippen LogP contribution in [0.2, 0.25) is 6.82 Å². The van der Waals surface area contributed by atoms with Gasteiger partial charge in [-0.3, -0.25) is 4.81 Å². The maximum atomic E-state index is 8.12. The number of pyridine rings is 2. The molecule has 0 saturated carbocycles. The first-order valence-electron chi connectivity index (χ1n) is 12.9. The summed E-state index contributed by atoms with van der Waals surface area (Å²) in [6, 6.07) is 14.7. The second-order valence-electron chi connectivity index (χ2n) is 7.69. The molecule has 0 fully saturated rings. The zero-order chi connectivity index (χ0) is 26.0. The predicted octanol–water partition coefficient (Wildman–Crippen LogP) is 3.53. The third-order valence-electron chi connectivity index (χ3n) is 5.68. The lowest BCUT2D eigenvalue weighted by atomic mass is 9.61. The standard InChI is InChI=1S/C25H25BN3O/c1-16-15-28(5)23(13-21(16)19-9-7-6-8-10-19)29-18(3)24-20-12-11-17(2)27-25(20)30-22(24)14-26(29)4/h6-15H,1-5H3/q+1/i1D3,2D3. The highest BCUT2D eigenvalue weighted by molar-refractivity contribution is 6.77. The minimum absolute atomic E-state index is 0.0113. The van der Waals surface area contributed by atoms with Crippen LogP contribution in [0.3, 0.4) is 0 Å². The summed E-state index contributed by atoms with van der Waals surface area (Å²) in [6.07, 6.45) is 1.68. The van der Waals surface area contributed by atoms with Crippen LogP contribution in [0.25, 0.3) is 33.9 Å². The fourth-order valence-electron chi connectivity index (χ4n) is 4.32. The van der Waals surface area contributed by atoms with Crippen molar-refractivity contribution in [3.63, 3.8) is 0 Å². The van der Waals surface area contributed by atoms with Gasteiger partial charge in [0.05, 0.1) is 29.5 Å². The number of nitrogens with zero attached hydrogens (tertiary/aromatic N) is 3. The Morgan fingerprint density at radius 3 is 2.73 bits per heavy atom. The van der Waals surface area contributed by atoms with E-state index in [-0.39, 0.29) is 23.8 Å². The molecule has 0 bridgehead atoms. The molecule has 0 aliphatic carbocycles. The molecule has 4 aromatic rings. The molecule has 0 N–H and O–H groups in total. The zero-order valence-corrected chi connectivity index (χ0v) is 17.1. The summed E-state index contributed by atoms with van der Waals surface area (Å²) >= 11 is 0. The highest BCUT2D eigenvalue weighted by Crippen LogP contribution is 2.28. The van der Waals surface area contributed by atoms with Crippen molar-refractivity contribution in [1.29, 1.82) is 0 Å². The second kappa shape index (κ2) is 6.87. The summed E-state index contributed by atoms with van der Waals surface area (Å²) in [6.45, 7) is -0.709. The quantitative estimate of drug-likeness (QED) is 0.381. The number of aromatic nitrogens is 2. The van der Waals surface area contributed by atoms with E-state index in [0.717, 1.165) is 27.7 Å². The van der Waals surface area contributed by atoms with Gasteiger partial charge in [0.2, 0.25) is 5.71 Å². The van der Waals surface area contributed by atoms with E-state index in [4.69, 9.17) is 12.6 Å². The Bertz CT molecular complexity index is 1610. The topological polar surface area (TPSA) is 33.2 Å². The van der Waals surface area contributed by atoms with Crippen LogP contribution in [0.15, 0.2) is 59.1 Å². The first-order valence-corrected chi connectivity index (χ1v) is 9.88. The van der Waals surface area contributed by atoms with E-state index in [9.17, 15) is 0 Å². The van der Waals surface area contributed by atoms with Gasteiger partial charge in [-0.15, -0.1) is 0 Å². The van der Waals surface area contributed by atoms with Gasteiger partial charge in [-0.25, -0.2) is 9.55 Å². The van der Waals surface area contributed by atoms with Gasteiger partial charge < -0.3 is 4.42 Å². The van der Waals surface area contributed by atoms with Gasteiger partial charge >= 0.3 is 6.85 Å². The summed E-state index contributed by atoms with van der Waals surface area (Å²) in [5, 5.41) is 1.57. The number of furan rings is 1. The van der Waals surface area contributed by atoms with Gasteiger partial charge in [0.1, 0.15) is 5.42 Å². The average Bonchev–Trinajstić information content (AvgIpc) is 3.16. The van der Waals surface area contributed by atoms with Crippen LogP contribution in [-0.4, -0.2) is 11.8 Å². The second-order valence-corrected chi connectivity index (χ2v) is 7.69. The van der Waals surface area contributed by atoms with Crippen LogP contribution in [0.4, 0.5) is 5.82 Å². The van der Waals surface area contributed by atoms with E-state index in [1.165, 1.54) is 6.07 Å². The molecule has 0 spiro atoms. The maximum absolute atomic E-state index is 8.12. The summed E-state index contributed by atoms with van der Waals surface area (Å²) in [5.41, 5.74) is 3.57. The number of anilines is 1. The summed E-state index contributed by atoms with van der Waals surface area (Å²) in [7, 11) is 1.84. The van der Waals surface area contributed by atoms with E-state index in [1.54, 1.807) is 12.3 Å². The molecule has 0 radical (unpaired) electrons.